The van der Waals surface area contributed by atoms with E-state index >= 15 is 0 Å². The van der Waals surface area contributed by atoms with Crippen molar-refractivity contribution in [2.75, 3.05) is 0 Å². The highest BCUT2D eigenvalue weighted by atomic mass is 32.2. The minimum atomic E-state index is -4.27. The lowest BCUT2D eigenvalue weighted by atomic mass is 10.2. The Bertz CT molecular complexity index is 1140. The lowest BCUT2D eigenvalue weighted by molar-refractivity contribution is -0.671. The summed E-state index contributed by atoms with van der Waals surface area (Å²) >= 11 is 0. The first-order valence-corrected chi connectivity index (χ1v) is 9.91. The van der Waals surface area contributed by atoms with Crippen molar-refractivity contribution >= 4 is 21.8 Å². The molecular weight excluding hydrogens is 412 g/mol. The van der Waals surface area contributed by atoms with Crippen LogP contribution in [-0.4, -0.2) is 23.9 Å². The number of aromatic nitrogens is 1. The maximum absolute atomic E-state index is 11.8. The number of carbonyl (C=O) groups excluding carboxylic acids is 1. The second kappa shape index (κ2) is 9.72. The maximum Gasteiger partial charge on any atom is 0.349 e. The number of nitro groups is 1. The van der Waals surface area contributed by atoms with Crippen molar-refractivity contribution in [1.29, 1.82) is 0 Å². The number of carbonyl (C=O) groups is 1. The van der Waals surface area contributed by atoms with Gasteiger partial charge in [0.2, 0.25) is 0 Å². The maximum atomic E-state index is 11.8. The SMILES string of the molecule is C[n+]1cccc(C(=O)Oc2ccc([N+](=O)[O-])cc2)c1.Cc1ccc(S(=O)(=O)[O-])cc1. The molecule has 1 heterocycles. The third-order valence-corrected chi connectivity index (χ3v) is 4.59. The number of benzene rings is 2. The van der Waals surface area contributed by atoms with Gasteiger partial charge in [-0.1, -0.05) is 17.7 Å². The number of nitro benzene ring substituents is 1. The van der Waals surface area contributed by atoms with Gasteiger partial charge in [0.05, 0.1) is 9.82 Å². The first-order valence-electron chi connectivity index (χ1n) is 8.51. The van der Waals surface area contributed by atoms with E-state index in [1.807, 2.05) is 6.92 Å². The smallest absolute Gasteiger partial charge is 0.349 e. The molecule has 0 N–H and O–H groups in total. The number of pyridine rings is 1. The molecular formula is C20H18N2O7S. The van der Waals surface area contributed by atoms with Crippen molar-refractivity contribution in [3.05, 3.63) is 94.3 Å². The molecule has 0 unspecified atom stereocenters. The molecule has 0 saturated heterocycles. The highest BCUT2D eigenvalue weighted by molar-refractivity contribution is 7.85. The van der Waals surface area contributed by atoms with Gasteiger partial charge in [-0.2, -0.15) is 0 Å². The van der Waals surface area contributed by atoms with E-state index in [2.05, 4.69) is 0 Å². The normalized spacial score (nSPS) is 10.5. The lowest BCUT2D eigenvalue weighted by Gasteiger charge is -2.05. The van der Waals surface area contributed by atoms with Gasteiger partial charge in [0.1, 0.15) is 28.5 Å². The first kappa shape index (κ1) is 22.7. The van der Waals surface area contributed by atoms with Crippen LogP contribution in [0.25, 0.3) is 0 Å². The van der Waals surface area contributed by atoms with Gasteiger partial charge in [0.15, 0.2) is 12.4 Å². The zero-order chi connectivity index (χ0) is 22.3. The molecule has 0 fully saturated rings. The number of ether oxygens (including phenoxy) is 1. The first-order chi connectivity index (χ1) is 14.1. The van der Waals surface area contributed by atoms with Crippen molar-refractivity contribution < 1.29 is 32.0 Å². The number of hydrogen-bond donors (Lipinski definition) is 0. The van der Waals surface area contributed by atoms with Gasteiger partial charge < -0.3 is 9.29 Å². The summed E-state index contributed by atoms with van der Waals surface area (Å²) < 4.78 is 38.0. The molecule has 0 aliphatic rings. The van der Waals surface area contributed by atoms with Crippen molar-refractivity contribution in [3.63, 3.8) is 0 Å². The largest absolute Gasteiger partial charge is 0.744 e. The standard InChI is InChI=1S/C13H11N2O4.C7H8O3S/c1-14-8-2-3-10(9-14)13(16)19-12-6-4-11(5-7-12)15(17)18;1-6-2-4-7(5-3-6)11(8,9)10/h2-9H,1H3;2-5H,1H3,(H,8,9,10)/q+1;/p-1. The summed E-state index contributed by atoms with van der Waals surface area (Å²) in [6.07, 6.45) is 3.43. The Hall–Kier alpha value is -3.63. The van der Waals surface area contributed by atoms with Crippen molar-refractivity contribution in [3.8, 4) is 5.75 Å². The summed E-state index contributed by atoms with van der Waals surface area (Å²) in [7, 11) is -2.48. The third-order valence-electron chi connectivity index (χ3n) is 3.74. The van der Waals surface area contributed by atoms with Crippen molar-refractivity contribution in [2.45, 2.75) is 11.8 Å². The zero-order valence-corrected chi connectivity index (χ0v) is 16.9. The average molecular weight is 430 g/mol. The molecule has 3 aromatic rings. The van der Waals surface area contributed by atoms with Crippen LogP contribution in [0.3, 0.4) is 0 Å². The number of esters is 1. The molecule has 0 atom stereocenters. The summed E-state index contributed by atoms with van der Waals surface area (Å²) in [6.45, 7) is 1.82. The number of hydrogen-bond acceptors (Lipinski definition) is 7. The second-order valence-electron chi connectivity index (χ2n) is 6.17. The minimum Gasteiger partial charge on any atom is -0.744 e. The van der Waals surface area contributed by atoms with Crippen LogP contribution in [0.2, 0.25) is 0 Å². The van der Waals surface area contributed by atoms with Crippen LogP contribution in [-0.2, 0) is 17.2 Å². The van der Waals surface area contributed by atoms with Gasteiger partial charge in [0.25, 0.3) is 5.69 Å². The van der Waals surface area contributed by atoms with E-state index in [0.717, 1.165) is 5.56 Å². The van der Waals surface area contributed by atoms with Crippen LogP contribution in [0.5, 0.6) is 5.75 Å². The molecule has 156 valence electrons. The van der Waals surface area contributed by atoms with Gasteiger partial charge in [-0.15, -0.1) is 0 Å². The lowest BCUT2D eigenvalue weighted by Crippen LogP contribution is -2.28. The molecule has 0 bridgehead atoms. The highest BCUT2D eigenvalue weighted by Gasteiger charge is 2.12. The Morgan fingerprint density at radius 2 is 1.63 bits per heavy atom. The predicted octanol–water partition coefficient (Wildman–Crippen LogP) is 2.54. The summed E-state index contributed by atoms with van der Waals surface area (Å²) in [6, 6.07) is 14.5. The summed E-state index contributed by atoms with van der Waals surface area (Å²) in [5.74, 6) is -0.243. The Balaban J connectivity index is 0.000000248. The van der Waals surface area contributed by atoms with Crippen LogP contribution < -0.4 is 9.30 Å². The molecule has 0 amide bonds. The molecule has 0 aliphatic carbocycles. The Labute approximate surface area is 173 Å². The summed E-state index contributed by atoms with van der Waals surface area (Å²) in [5.41, 5.74) is 1.28. The molecule has 0 spiro atoms. The molecule has 30 heavy (non-hydrogen) atoms. The van der Waals surface area contributed by atoms with E-state index < -0.39 is 21.0 Å². The van der Waals surface area contributed by atoms with E-state index in [-0.39, 0.29) is 16.3 Å². The van der Waals surface area contributed by atoms with Gasteiger partial charge in [-0.25, -0.2) is 17.8 Å². The van der Waals surface area contributed by atoms with Crippen LogP contribution in [0.15, 0.2) is 78.0 Å². The number of rotatable bonds is 4. The van der Waals surface area contributed by atoms with Crippen LogP contribution in [0.4, 0.5) is 5.69 Å². The van der Waals surface area contributed by atoms with E-state index in [9.17, 15) is 27.9 Å². The van der Waals surface area contributed by atoms with E-state index in [0.29, 0.717) is 5.56 Å². The second-order valence-corrected chi connectivity index (χ2v) is 7.55. The van der Waals surface area contributed by atoms with Gasteiger partial charge in [-0.05, 0) is 37.3 Å². The van der Waals surface area contributed by atoms with Crippen molar-refractivity contribution in [1.82, 2.24) is 0 Å². The molecule has 0 radical (unpaired) electrons. The minimum absolute atomic E-state index is 0.0501. The van der Waals surface area contributed by atoms with Gasteiger partial charge in [-0.3, -0.25) is 10.1 Å². The Morgan fingerprint density at radius 3 is 2.13 bits per heavy atom. The fourth-order valence-corrected chi connectivity index (χ4v) is 2.68. The summed E-state index contributed by atoms with van der Waals surface area (Å²) in [4.78, 5) is 21.6. The van der Waals surface area contributed by atoms with Gasteiger partial charge >= 0.3 is 5.97 Å². The number of nitrogens with zero attached hydrogens (tertiary/aromatic N) is 2. The Morgan fingerprint density at radius 1 is 1.03 bits per heavy atom. The van der Waals surface area contributed by atoms with E-state index in [1.54, 1.807) is 48.3 Å². The fraction of sp³-hybridized carbons (Fsp3) is 0.100. The average Bonchev–Trinajstić information content (AvgIpc) is 2.68. The van der Waals surface area contributed by atoms with Crippen LogP contribution in [0.1, 0.15) is 15.9 Å². The zero-order valence-electron chi connectivity index (χ0n) is 16.1. The Kier molecular flexibility index (Phi) is 7.34. The molecule has 10 heteroatoms. The van der Waals surface area contributed by atoms with E-state index in [4.69, 9.17) is 4.74 Å². The monoisotopic (exact) mass is 430 g/mol. The molecule has 0 aliphatic heterocycles. The van der Waals surface area contributed by atoms with Crippen molar-refractivity contribution in [2.24, 2.45) is 7.05 Å². The molecule has 1 aromatic heterocycles. The molecule has 0 saturated carbocycles. The van der Waals surface area contributed by atoms with Gasteiger partial charge in [0, 0.05) is 18.2 Å². The molecule has 9 nitrogen and oxygen atoms in total. The summed E-state index contributed by atoms with van der Waals surface area (Å²) in [5, 5.41) is 10.5. The quantitative estimate of drug-likeness (QED) is 0.155. The number of non-ortho nitro benzene ring substituents is 1. The predicted molar refractivity (Wildman–Crippen MR) is 105 cm³/mol. The van der Waals surface area contributed by atoms with Crippen LogP contribution in [0, 0.1) is 17.0 Å². The molecule has 2 aromatic carbocycles. The van der Waals surface area contributed by atoms with Crippen LogP contribution >= 0.6 is 0 Å². The third kappa shape index (κ3) is 6.76. The topological polar surface area (TPSA) is 131 Å². The highest BCUT2D eigenvalue weighted by Crippen LogP contribution is 2.18. The number of aryl methyl sites for hydroxylation is 2. The fourth-order valence-electron chi connectivity index (χ4n) is 2.22. The van der Waals surface area contributed by atoms with E-state index in [1.165, 1.54) is 36.4 Å². The molecule has 3 rings (SSSR count).